The van der Waals surface area contributed by atoms with Crippen LogP contribution < -0.4 is 0 Å². The average molecular weight is 272 g/mol. The molecule has 2 nitrogen and oxygen atoms in total. The summed E-state index contributed by atoms with van der Waals surface area (Å²) >= 11 is 0. The second kappa shape index (κ2) is 9.35. The first-order valence-electron chi connectivity index (χ1n) is 7.55. The largest absolute Gasteiger partial charge is 0.276 e. The minimum atomic E-state index is 1.05. The van der Waals surface area contributed by atoms with Crippen molar-refractivity contribution in [3.63, 3.8) is 0 Å². The number of rotatable bonds is 0. The molecule has 3 rings (SSSR count). The van der Waals surface area contributed by atoms with E-state index in [1.54, 1.807) is 4.68 Å². The van der Waals surface area contributed by atoms with E-state index in [9.17, 15) is 0 Å². The zero-order valence-corrected chi connectivity index (χ0v) is 13.3. The molecular formula is C18H28N2. The Kier molecular flexibility index (Phi) is 7.71. The molecule has 1 aromatic heterocycles. The smallest absolute Gasteiger partial charge is 0.0518 e. The van der Waals surface area contributed by atoms with Gasteiger partial charge in [-0.05, 0) is 25.3 Å². The fourth-order valence-corrected chi connectivity index (χ4v) is 2.21. The summed E-state index contributed by atoms with van der Waals surface area (Å²) < 4.78 is 1.79. The van der Waals surface area contributed by atoms with Gasteiger partial charge in [-0.25, -0.2) is 0 Å². The summed E-state index contributed by atoms with van der Waals surface area (Å²) in [6.45, 7) is 6.44. The van der Waals surface area contributed by atoms with Gasteiger partial charge in [0.15, 0.2) is 0 Å². The van der Waals surface area contributed by atoms with Gasteiger partial charge in [0, 0.05) is 13.2 Å². The fourth-order valence-electron chi connectivity index (χ4n) is 2.21. The molecule has 1 aromatic carbocycles. The molecule has 0 N–H and O–H groups in total. The summed E-state index contributed by atoms with van der Waals surface area (Å²) in [5.41, 5.74) is 2.53. The van der Waals surface area contributed by atoms with Crippen molar-refractivity contribution >= 4 is 0 Å². The van der Waals surface area contributed by atoms with Gasteiger partial charge < -0.3 is 0 Å². The molecule has 1 aliphatic carbocycles. The number of hydrogen-bond acceptors (Lipinski definition) is 1. The summed E-state index contributed by atoms with van der Waals surface area (Å²) in [5, 5.41) is 3.93. The van der Waals surface area contributed by atoms with E-state index in [2.05, 4.69) is 31.1 Å². The molecule has 0 amide bonds. The van der Waals surface area contributed by atoms with E-state index in [1.807, 2.05) is 44.6 Å². The molecule has 1 fully saturated rings. The van der Waals surface area contributed by atoms with Crippen molar-refractivity contribution in [2.24, 2.45) is 13.0 Å². The molecule has 0 unspecified atom stereocenters. The van der Waals surface area contributed by atoms with E-state index >= 15 is 0 Å². The van der Waals surface area contributed by atoms with Crippen LogP contribution in [-0.4, -0.2) is 9.78 Å². The first-order chi connectivity index (χ1) is 9.58. The lowest BCUT2D eigenvalue weighted by Crippen LogP contribution is -1.83. The highest BCUT2D eigenvalue weighted by Crippen LogP contribution is 2.22. The summed E-state index contributed by atoms with van der Waals surface area (Å²) in [4.78, 5) is 0. The van der Waals surface area contributed by atoms with Crippen LogP contribution in [0.25, 0.3) is 0 Å². The highest BCUT2D eigenvalue weighted by Gasteiger charge is 2.07. The topological polar surface area (TPSA) is 17.8 Å². The maximum Gasteiger partial charge on any atom is 0.0518 e. The van der Waals surface area contributed by atoms with Crippen LogP contribution in [0.15, 0.2) is 42.7 Å². The third-order valence-corrected chi connectivity index (χ3v) is 3.42. The summed E-state index contributed by atoms with van der Waals surface area (Å²) in [6.07, 6.45) is 9.75. The third-order valence-electron chi connectivity index (χ3n) is 3.42. The van der Waals surface area contributed by atoms with Crippen LogP contribution in [-0.2, 0) is 7.05 Å². The molecule has 2 aromatic rings. The quantitative estimate of drug-likeness (QED) is 0.665. The van der Waals surface area contributed by atoms with Crippen molar-refractivity contribution in [3.05, 3.63) is 53.9 Å². The van der Waals surface area contributed by atoms with Crippen LogP contribution in [0.4, 0.5) is 0 Å². The van der Waals surface area contributed by atoms with Crippen molar-refractivity contribution in [2.45, 2.75) is 46.5 Å². The molecular weight excluding hydrogens is 244 g/mol. The molecule has 20 heavy (non-hydrogen) atoms. The normalized spacial score (nSPS) is 14.0. The Bertz CT molecular complexity index is 437. The van der Waals surface area contributed by atoms with Crippen molar-refractivity contribution < 1.29 is 0 Å². The third kappa shape index (κ3) is 7.78. The number of nitrogens with zero attached hydrogens (tertiary/aromatic N) is 2. The van der Waals surface area contributed by atoms with E-state index < -0.39 is 0 Å². The Morgan fingerprint density at radius 2 is 1.60 bits per heavy atom. The highest BCUT2D eigenvalue weighted by atomic mass is 15.2. The van der Waals surface area contributed by atoms with E-state index in [0.717, 1.165) is 5.92 Å². The standard InChI is InChI=1S/C7H8.C6H12.C5H8N2/c1-7-5-3-2-4-6-7;1-6-4-2-3-5-6;1-5-3-6-7(2)4-5/h2-6H,1H3;6H,2-5H2,1H3;3-4H,1-2H3. The van der Waals surface area contributed by atoms with Gasteiger partial charge in [0.25, 0.3) is 0 Å². The number of benzene rings is 1. The Morgan fingerprint density at radius 3 is 1.80 bits per heavy atom. The minimum absolute atomic E-state index is 1.05. The summed E-state index contributed by atoms with van der Waals surface area (Å²) in [7, 11) is 1.91. The maximum atomic E-state index is 3.93. The van der Waals surface area contributed by atoms with Gasteiger partial charge in [0.1, 0.15) is 0 Å². The van der Waals surface area contributed by atoms with Gasteiger partial charge in [-0.2, -0.15) is 5.10 Å². The molecule has 0 bridgehead atoms. The molecule has 0 spiro atoms. The SMILES string of the molecule is CC1CCCC1.Cc1ccccc1.Cc1cnn(C)c1. The predicted molar refractivity (Wildman–Crippen MR) is 86.8 cm³/mol. The second-order valence-electron chi connectivity index (χ2n) is 5.74. The molecule has 0 saturated heterocycles. The number of aromatic nitrogens is 2. The lowest BCUT2D eigenvalue weighted by Gasteiger charge is -1.91. The second-order valence-corrected chi connectivity index (χ2v) is 5.74. The molecule has 2 heteroatoms. The zero-order valence-electron chi connectivity index (χ0n) is 13.3. The van der Waals surface area contributed by atoms with Gasteiger partial charge >= 0.3 is 0 Å². The Balaban J connectivity index is 0.000000151. The Labute approximate surface area is 123 Å². The van der Waals surface area contributed by atoms with Crippen molar-refractivity contribution in [3.8, 4) is 0 Å². The van der Waals surface area contributed by atoms with Gasteiger partial charge in [0.2, 0.25) is 0 Å². The molecule has 110 valence electrons. The van der Waals surface area contributed by atoms with Crippen LogP contribution in [0.2, 0.25) is 0 Å². The van der Waals surface area contributed by atoms with Crippen LogP contribution in [0, 0.1) is 19.8 Å². The minimum Gasteiger partial charge on any atom is -0.276 e. The van der Waals surface area contributed by atoms with Crippen LogP contribution >= 0.6 is 0 Å². The molecule has 1 saturated carbocycles. The average Bonchev–Trinajstić information content (AvgIpc) is 3.03. The van der Waals surface area contributed by atoms with Crippen molar-refractivity contribution in [2.75, 3.05) is 0 Å². The van der Waals surface area contributed by atoms with E-state index in [4.69, 9.17) is 0 Å². The summed E-state index contributed by atoms with van der Waals surface area (Å²) in [6, 6.07) is 10.3. The first-order valence-corrected chi connectivity index (χ1v) is 7.55. The van der Waals surface area contributed by atoms with Gasteiger partial charge in [-0.1, -0.05) is 68.5 Å². The van der Waals surface area contributed by atoms with Gasteiger partial charge in [-0.3, -0.25) is 4.68 Å². The van der Waals surface area contributed by atoms with E-state index in [0.29, 0.717) is 0 Å². The summed E-state index contributed by atoms with van der Waals surface area (Å²) in [5.74, 6) is 1.05. The van der Waals surface area contributed by atoms with Crippen LogP contribution in [0.5, 0.6) is 0 Å². The molecule has 0 atom stereocenters. The lowest BCUT2D eigenvalue weighted by atomic mass is 10.2. The Morgan fingerprint density at radius 1 is 1.00 bits per heavy atom. The molecule has 1 aliphatic rings. The highest BCUT2D eigenvalue weighted by molar-refractivity contribution is 5.11. The van der Waals surface area contributed by atoms with Crippen LogP contribution in [0.3, 0.4) is 0 Å². The molecule has 1 heterocycles. The van der Waals surface area contributed by atoms with Gasteiger partial charge in [-0.15, -0.1) is 0 Å². The fraction of sp³-hybridized carbons (Fsp3) is 0.500. The molecule has 0 radical (unpaired) electrons. The number of aryl methyl sites for hydroxylation is 3. The van der Waals surface area contributed by atoms with E-state index in [1.165, 1.54) is 36.8 Å². The van der Waals surface area contributed by atoms with Crippen molar-refractivity contribution in [1.82, 2.24) is 9.78 Å². The van der Waals surface area contributed by atoms with E-state index in [-0.39, 0.29) is 0 Å². The Hall–Kier alpha value is -1.57. The van der Waals surface area contributed by atoms with Crippen LogP contribution in [0.1, 0.15) is 43.7 Å². The zero-order chi connectivity index (χ0) is 14.8. The monoisotopic (exact) mass is 272 g/mol. The predicted octanol–water partition coefficient (Wildman–Crippen LogP) is 4.92. The lowest BCUT2D eigenvalue weighted by molar-refractivity contribution is 0.612. The van der Waals surface area contributed by atoms with Crippen molar-refractivity contribution in [1.29, 1.82) is 0 Å². The number of hydrogen-bond donors (Lipinski definition) is 0. The maximum absolute atomic E-state index is 3.93. The first kappa shape index (κ1) is 16.5. The van der Waals surface area contributed by atoms with Gasteiger partial charge in [0.05, 0.1) is 6.20 Å². The molecule has 0 aliphatic heterocycles.